The lowest BCUT2D eigenvalue weighted by Gasteiger charge is -2.34. The molecule has 0 aliphatic carbocycles. The number of piperidine rings is 1. The lowest BCUT2D eigenvalue weighted by Crippen LogP contribution is -2.46. The number of thiophene rings is 1. The molecule has 0 radical (unpaired) electrons. The molecule has 5 nitrogen and oxygen atoms in total. The van der Waals surface area contributed by atoms with Gasteiger partial charge in [0.05, 0.1) is 6.54 Å². The summed E-state index contributed by atoms with van der Waals surface area (Å²) in [7, 11) is 0. The van der Waals surface area contributed by atoms with Gasteiger partial charge in [-0.05, 0) is 48.4 Å². The first kappa shape index (κ1) is 18.2. The Morgan fingerprint density at radius 1 is 1.07 bits per heavy atom. The summed E-state index contributed by atoms with van der Waals surface area (Å²) in [5, 5.41) is 5.12. The van der Waals surface area contributed by atoms with E-state index >= 15 is 0 Å². The number of benzene rings is 1. The molecule has 0 atom stereocenters. The van der Waals surface area contributed by atoms with Crippen LogP contribution in [0.15, 0.2) is 41.8 Å². The second-order valence-electron chi connectivity index (χ2n) is 7.34. The molecule has 27 heavy (non-hydrogen) atoms. The second-order valence-corrected chi connectivity index (χ2v) is 8.34. The average Bonchev–Trinajstić information content (AvgIpc) is 3.16. The van der Waals surface area contributed by atoms with Crippen LogP contribution in [0.5, 0.6) is 0 Å². The SMILES string of the molecule is O=C(Nc1ccccc1)C1CCN(C(=O)CN2CCc3sccc3C2)CC1. The molecular formula is C21H25N3O2S. The highest BCUT2D eigenvalue weighted by atomic mass is 32.1. The number of fused-ring (bicyclic) bond motifs is 1. The maximum atomic E-state index is 12.7. The first-order valence-corrected chi connectivity index (χ1v) is 10.5. The van der Waals surface area contributed by atoms with Crippen molar-refractivity contribution in [2.24, 2.45) is 5.92 Å². The summed E-state index contributed by atoms with van der Waals surface area (Å²) in [6, 6.07) is 11.7. The molecule has 1 saturated heterocycles. The lowest BCUT2D eigenvalue weighted by atomic mass is 9.95. The lowest BCUT2D eigenvalue weighted by molar-refractivity contribution is -0.135. The van der Waals surface area contributed by atoms with E-state index in [-0.39, 0.29) is 17.7 Å². The van der Waals surface area contributed by atoms with Crippen LogP contribution in [-0.4, -0.2) is 47.8 Å². The quantitative estimate of drug-likeness (QED) is 0.883. The van der Waals surface area contributed by atoms with Crippen LogP contribution < -0.4 is 5.32 Å². The molecule has 4 rings (SSSR count). The van der Waals surface area contributed by atoms with Crippen LogP contribution in [0.3, 0.4) is 0 Å². The van der Waals surface area contributed by atoms with Gasteiger partial charge in [0.2, 0.25) is 11.8 Å². The van der Waals surface area contributed by atoms with Gasteiger partial charge in [0.15, 0.2) is 0 Å². The van der Waals surface area contributed by atoms with E-state index in [0.29, 0.717) is 19.6 Å². The second kappa shape index (κ2) is 8.23. The summed E-state index contributed by atoms with van der Waals surface area (Å²) in [5.41, 5.74) is 2.20. The first-order chi connectivity index (χ1) is 13.2. The van der Waals surface area contributed by atoms with E-state index in [1.807, 2.05) is 46.6 Å². The normalized spacial score (nSPS) is 18.1. The number of para-hydroxylation sites is 1. The van der Waals surface area contributed by atoms with E-state index in [2.05, 4.69) is 21.7 Å². The van der Waals surface area contributed by atoms with E-state index in [9.17, 15) is 9.59 Å². The predicted molar refractivity (Wildman–Crippen MR) is 108 cm³/mol. The van der Waals surface area contributed by atoms with Crippen molar-refractivity contribution in [3.63, 3.8) is 0 Å². The minimum absolute atomic E-state index is 0.0161. The molecule has 1 aromatic heterocycles. The number of rotatable bonds is 4. The van der Waals surface area contributed by atoms with Gasteiger partial charge in [0.25, 0.3) is 0 Å². The van der Waals surface area contributed by atoms with Gasteiger partial charge in [-0.15, -0.1) is 11.3 Å². The third kappa shape index (κ3) is 4.39. The van der Waals surface area contributed by atoms with E-state index in [4.69, 9.17) is 0 Å². The molecule has 3 heterocycles. The average molecular weight is 384 g/mol. The number of amides is 2. The minimum atomic E-state index is -0.0161. The number of carbonyl (C=O) groups is 2. The van der Waals surface area contributed by atoms with Crippen molar-refractivity contribution < 1.29 is 9.59 Å². The van der Waals surface area contributed by atoms with Gasteiger partial charge in [0.1, 0.15) is 0 Å². The van der Waals surface area contributed by atoms with E-state index in [1.54, 1.807) is 0 Å². The van der Waals surface area contributed by atoms with Crippen LogP contribution in [0, 0.1) is 5.92 Å². The predicted octanol–water partition coefficient (Wildman–Crippen LogP) is 2.98. The Morgan fingerprint density at radius 3 is 2.63 bits per heavy atom. The number of hydrogen-bond donors (Lipinski definition) is 1. The highest BCUT2D eigenvalue weighted by Crippen LogP contribution is 2.24. The van der Waals surface area contributed by atoms with Crippen molar-refractivity contribution >= 4 is 28.8 Å². The van der Waals surface area contributed by atoms with Crippen LogP contribution >= 0.6 is 11.3 Å². The van der Waals surface area contributed by atoms with Crippen molar-refractivity contribution in [1.29, 1.82) is 0 Å². The molecule has 1 fully saturated rings. The Hall–Kier alpha value is -2.18. The first-order valence-electron chi connectivity index (χ1n) is 9.60. The van der Waals surface area contributed by atoms with Gasteiger partial charge in [-0.25, -0.2) is 0 Å². The maximum Gasteiger partial charge on any atom is 0.236 e. The Morgan fingerprint density at radius 2 is 1.85 bits per heavy atom. The van der Waals surface area contributed by atoms with Crippen molar-refractivity contribution in [2.45, 2.75) is 25.8 Å². The number of anilines is 1. The minimum Gasteiger partial charge on any atom is -0.342 e. The van der Waals surface area contributed by atoms with Crippen LogP contribution in [0.2, 0.25) is 0 Å². The number of carbonyl (C=O) groups excluding carboxylic acids is 2. The highest BCUT2D eigenvalue weighted by Gasteiger charge is 2.28. The molecule has 2 aromatic rings. The molecule has 2 aliphatic rings. The fraction of sp³-hybridized carbons (Fsp3) is 0.429. The van der Waals surface area contributed by atoms with Crippen molar-refractivity contribution in [2.75, 3.05) is 31.5 Å². The van der Waals surface area contributed by atoms with Crippen LogP contribution in [-0.2, 0) is 22.6 Å². The third-order valence-electron chi connectivity index (χ3n) is 5.51. The van der Waals surface area contributed by atoms with Crippen LogP contribution in [0.4, 0.5) is 5.69 Å². The van der Waals surface area contributed by atoms with Gasteiger partial charge in [-0.1, -0.05) is 18.2 Å². The molecule has 0 spiro atoms. The largest absolute Gasteiger partial charge is 0.342 e. The monoisotopic (exact) mass is 383 g/mol. The fourth-order valence-electron chi connectivity index (χ4n) is 3.89. The highest BCUT2D eigenvalue weighted by molar-refractivity contribution is 7.10. The van der Waals surface area contributed by atoms with Gasteiger partial charge in [0, 0.05) is 42.7 Å². The molecule has 1 aromatic carbocycles. The standard InChI is InChI=1S/C21H25N3O2S/c25-20(15-23-10-8-19-17(14-23)9-13-27-19)24-11-6-16(7-12-24)21(26)22-18-4-2-1-3-5-18/h1-5,9,13,16H,6-8,10-12,14-15H2,(H,22,26). The number of nitrogens with one attached hydrogen (secondary N) is 1. The summed E-state index contributed by atoms with van der Waals surface area (Å²) in [5.74, 6) is 0.238. The molecule has 0 bridgehead atoms. The van der Waals surface area contributed by atoms with Crippen molar-refractivity contribution in [3.05, 3.63) is 52.2 Å². The summed E-state index contributed by atoms with van der Waals surface area (Å²) in [6.07, 6.45) is 2.51. The third-order valence-corrected chi connectivity index (χ3v) is 6.53. The van der Waals surface area contributed by atoms with Gasteiger partial charge < -0.3 is 10.2 Å². The summed E-state index contributed by atoms with van der Waals surface area (Å²) in [4.78, 5) is 30.7. The number of likely N-dealkylation sites (tertiary alicyclic amines) is 1. The zero-order valence-corrected chi connectivity index (χ0v) is 16.2. The Bertz CT molecular complexity index is 797. The molecule has 6 heteroatoms. The van der Waals surface area contributed by atoms with E-state index < -0.39 is 0 Å². The molecule has 2 aliphatic heterocycles. The summed E-state index contributed by atoms with van der Waals surface area (Å²) in [6.45, 7) is 3.65. The summed E-state index contributed by atoms with van der Waals surface area (Å²) >= 11 is 1.82. The topological polar surface area (TPSA) is 52.7 Å². The number of hydrogen-bond acceptors (Lipinski definition) is 4. The Labute approximate surface area is 164 Å². The maximum absolute atomic E-state index is 12.7. The molecule has 142 valence electrons. The molecule has 2 amide bonds. The molecule has 1 N–H and O–H groups in total. The smallest absolute Gasteiger partial charge is 0.236 e. The number of nitrogens with zero attached hydrogens (tertiary/aromatic N) is 2. The van der Waals surface area contributed by atoms with E-state index in [0.717, 1.165) is 38.0 Å². The van der Waals surface area contributed by atoms with Crippen molar-refractivity contribution in [1.82, 2.24) is 9.80 Å². The Kier molecular flexibility index (Phi) is 5.55. The summed E-state index contributed by atoms with van der Waals surface area (Å²) < 4.78 is 0. The Balaban J connectivity index is 1.24. The molecule has 0 saturated carbocycles. The van der Waals surface area contributed by atoms with Crippen LogP contribution in [0.1, 0.15) is 23.3 Å². The zero-order valence-electron chi connectivity index (χ0n) is 15.4. The van der Waals surface area contributed by atoms with Gasteiger partial charge >= 0.3 is 0 Å². The van der Waals surface area contributed by atoms with Crippen molar-refractivity contribution in [3.8, 4) is 0 Å². The zero-order chi connectivity index (χ0) is 18.6. The van der Waals surface area contributed by atoms with E-state index in [1.165, 1.54) is 10.4 Å². The molecule has 0 unspecified atom stereocenters. The van der Waals surface area contributed by atoms with Crippen LogP contribution in [0.25, 0.3) is 0 Å². The molecular weight excluding hydrogens is 358 g/mol. The van der Waals surface area contributed by atoms with Gasteiger partial charge in [-0.3, -0.25) is 14.5 Å². The van der Waals surface area contributed by atoms with Gasteiger partial charge in [-0.2, -0.15) is 0 Å². The fourth-order valence-corrected chi connectivity index (χ4v) is 4.78.